The van der Waals surface area contributed by atoms with Gasteiger partial charge in [-0.3, -0.25) is 4.79 Å². The Kier molecular flexibility index (Phi) is 5.32. The topological polar surface area (TPSA) is 33.5 Å². The number of thiophene rings is 1. The Balaban J connectivity index is 1.97. The number of rotatable bonds is 6. The molecule has 4 heteroatoms. The summed E-state index contributed by atoms with van der Waals surface area (Å²) in [6, 6.07) is 13.7. The van der Waals surface area contributed by atoms with Gasteiger partial charge in [-0.15, -0.1) is 11.3 Å². The number of benzene rings is 1. The van der Waals surface area contributed by atoms with Gasteiger partial charge in [0.25, 0.3) is 5.91 Å². The normalized spacial score (nSPS) is 13.7. The first-order valence-electron chi connectivity index (χ1n) is 6.93. The Labute approximate surface area is 124 Å². The molecule has 106 valence electrons. The minimum atomic E-state index is -0.0673. The van der Waals surface area contributed by atoms with Crippen molar-refractivity contribution in [3.05, 3.63) is 52.7 Å². The lowest BCUT2D eigenvalue weighted by Gasteiger charge is -2.23. The van der Waals surface area contributed by atoms with Crippen LogP contribution >= 0.6 is 11.3 Å². The van der Waals surface area contributed by atoms with Crippen LogP contribution in [-0.4, -0.2) is 18.5 Å². The smallest absolute Gasteiger partial charge is 0.282 e. The molecule has 0 fully saturated rings. The van der Waals surface area contributed by atoms with Gasteiger partial charge in [0.1, 0.15) is 6.54 Å². The third-order valence-electron chi connectivity index (χ3n) is 3.48. The molecule has 2 rings (SSSR count). The molecule has 20 heavy (non-hydrogen) atoms. The monoisotopic (exact) mass is 289 g/mol. The number of anilines is 1. The Morgan fingerprint density at radius 3 is 2.60 bits per heavy atom. The summed E-state index contributed by atoms with van der Waals surface area (Å²) in [5.41, 5.74) is 0.857. The van der Waals surface area contributed by atoms with Crippen LogP contribution in [0.1, 0.15) is 18.7 Å². The highest BCUT2D eigenvalue weighted by atomic mass is 32.1. The summed E-state index contributed by atoms with van der Waals surface area (Å²) >= 11 is 1.75. The van der Waals surface area contributed by atoms with E-state index in [0.29, 0.717) is 0 Å². The standard InChI is InChI=1S/C16H20N2OS/c1-3-18(12-15-10-7-11-20-15)13(2)16(19)17-14-8-5-4-6-9-14/h4-11,13H,3,12H2,1-2H3,(H,17,19)/p+1/t13-/m1/s1. The molecule has 0 aliphatic rings. The highest BCUT2D eigenvalue weighted by Gasteiger charge is 2.24. The van der Waals surface area contributed by atoms with Gasteiger partial charge in [-0.1, -0.05) is 24.3 Å². The van der Waals surface area contributed by atoms with E-state index >= 15 is 0 Å². The maximum atomic E-state index is 12.3. The summed E-state index contributed by atoms with van der Waals surface area (Å²) in [5, 5.41) is 5.06. The molecule has 0 saturated carbocycles. The van der Waals surface area contributed by atoms with Crippen molar-refractivity contribution in [3.63, 3.8) is 0 Å². The predicted molar refractivity (Wildman–Crippen MR) is 84.1 cm³/mol. The molecule has 2 N–H and O–H groups in total. The number of hydrogen-bond acceptors (Lipinski definition) is 2. The average molecular weight is 289 g/mol. The van der Waals surface area contributed by atoms with Crippen LogP contribution < -0.4 is 10.2 Å². The highest BCUT2D eigenvalue weighted by molar-refractivity contribution is 7.09. The highest BCUT2D eigenvalue weighted by Crippen LogP contribution is 2.07. The van der Waals surface area contributed by atoms with Crippen LogP contribution in [0.3, 0.4) is 0 Å². The predicted octanol–water partition coefficient (Wildman–Crippen LogP) is 2.18. The van der Waals surface area contributed by atoms with Crippen molar-refractivity contribution in [1.82, 2.24) is 0 Å². The van der Waals surface area contributed by atoms with Crippen molar-refractivity contribution in [2.45, 2.75) is 26.4 Å². The minimum absolute atomic E-state index is 0.0673. The van der Waals surface area contributed by atoms with Gasteiger partial charge in [-0.2, -0.15) is 0 Å². The summed E-state index contributed by atoms with van der Waals surface area (Å²) in [4.78, 5) is 14.9. The molecule has 2 aromatic rings. The summed E-state index contributed by atoms with van der Waals surface area (Å²) in [6.45, 7) is 5.94. The van der Waals surface area contributed by atoms with Crippen molar-refractivity contribution in [1.29, 1.82) is 0 Å². The van der Waals surface area contributed by atoms with E-state index in [2.05, 4.69) is 29.8 Å². The van der Waals surface area contributed by atoms with Crippen LogP contribution in [0.15, 0.2) is 47.8 Å². The van der Waals surface area contributed by atoms with Gasteiger partial charge in [-0.25, -0.2) is 0 Å². The molecule has 0 saturated heterocycles. The molecule has 0 aliphatic carbocycles. The molecule has 1 aromatic heterocycles. The lowest BCUT2D eigenvalue weighted by atomic mass is 10.2. The molecule has 1 heterocycles. The minimum Gasteiger partial charge on any atom is -0.321 e. The number of carbonyl (C=O) groups excluding carboxylic acids is 1. The van der Waals surface area contributed by atoms with Gasteiger partial charge in [0.2, 0.25) is 0 Å². The lowest BCUT2D eigenvalue weighted by molar-refractivity contribution is -0.925. The number of para-hydroxylation sites is 1. The summed E-state index contributed by atoms with van der Waals surface area (Å²) in [5.74, 6) is 0.0737. The molecule has 0 radical (unpaired) electrons. The van der Waals surface area contributed by atoms with E-state index in [1.807, 2.05) is 37.3 Å². The summed E-state index contributed by atoms with van der Waals surface area (Å²) in [7, 11) is 0. The fourth-order valence-corrected chi connectivity index (χ4v) is 2.94. The summed E-state index contributed by atoms with van der Waals surface area (Å²) < 4.78 is 0. The maximum Gasteiger partial charge on any atom is 0.282 e. The first-order valence-corrected chi connectivity index (χ1v) is 7.81. The van der Waals surface area contributed by atoms with Crippen LogP contribution in [-0.2, 0) is 11.3 Å². The van der Waals surface area contributed by atoms with Gasteiger partial charge in [0, 0.05) is 5.69 Å². The van der Waals surface area contributed by atoms with Crippen molar-refractivity contribution in [2.75, 3.05) is 11.9 Å². The molecule has 0 aliphatic heterocycles. The average Bonchev–Trinajstić information content (AvgIpc) is 2.98. The largest absolute Gasteiger partial charge is 0.321 e. The molecule has 1 unspecified atom stereocenters. The van der Waals surface area contributed by atoms with Gasteiger partial charge < -0.3 is 10.2 Å². The lowest BCUT2D eigenvalue weighted by Crippen LogP contribution is -3.15. The molecule has 2 atom stereocenters. The van der Waals surface area contributed by atoms with Crippen LogP contribution in [0.2, 0.25) is 0 Å². The Bertz CT molecular complexity index is 525. The number of amides is 1. The number of nitrogens with one attached hydrogen (secondary N) is 2. The second-order valence-corrected chi connectivity index (χ2v) is 5.88. The second-order valence-electron chi connectivity index (χ2n) is 4.84. The number of likely N-dealkylation sites (N-methyl/N-ethyl adjacent to an activating group) is 1. The van der Waals surface area contributed by atoms with Crippen molar-refractivity contribution in [3.8, 4) is 0 Å². The molecule has 1 aromatic carbocycles. The molecule has 1 amide bonds. The second kappa shape index (κ2) is 7.22. The van der Waals surface area contributed by atoms with E-state index in [1.165, 1.54) is 9.78 Å². The van der Waals surface area contributed by atoms with Crippen molar-refractivity contribution >= 4 is 22.9 Å². The van der Waals surface area contributed by atoms with E-state index in [1.54, 1.807) is 11.3 Å². The Morgan fingerprint density at radius 2 is 2.00 bits per heavy atom. The van der Waals surface area contributed by atoms with Crippen LogP contribution in [0, 0.1) is 0 Å². The van der Waals surface area contributed by atoms with Gasteiger partial charge in [-0.05, 0) is 37.4 Å². The first-order chi connectivity index (χ1) is 9.70. The van der Waals surface area contributed by atoms with Gasteiger partial charge in [0.05, 0.1) is 11.4 Å². The molecule has 0 bridgehead atoms. The Morgan fingerprint density at radius 1 is 1.25 bits per heavy atom. The molecular weight excluding hydrogens is 268 g/mol. The number of hydrogen-bond donors (Lipinski definition) is 2. The quantitative estimate of drug-likeness (QED) is 0.839. The van der Waals surface area contributed by atoms with Crippen molar-refractivity contribution in [2.24, 2.45) is 0 Å². The van der Waals surface area contributed by atoms with E-state index in [-0.39, 0.29) is 11.9 Å². The third-order valence-corrected chi connectivity index (χ3v) is 4.36. The van der Waals surface area contributed by atoms with Crippen molar-refractivity contribution < 1.29 is 9.69 Å². The summed E-state index contributed by atoms with van der Waals surface area (Å²) in [6.07, 6.45) is 0. The molecule has 0 spiro atoms. The van der Waals surface area contributed by atoms with Gasteiger partial charge >= 0.3 is 0 Å². The maximum absolute atomic E-state index is 12.3. The molecular formula is C16H21N2OS+. The van der Waals surface area contributed by atoms with Crippen LogP contribution in [0.4, 0.5) is 5.69 Å². The van der Waals surface area contributed by atoms with E-state index in [4.69, 9.17) is 0 Å². The van der Waals surface area contributed by atoms with Crippen LogP contribution in [0.25, 0.3) is 0 Å². The van der Waals surface area contributed by atoms with E-state index in [9.17, 15) is 4.79 Å². The van der Waals surface area contributed by atoms with Gasteiger partial charge in [0.15, 0.2) is 6.04 Å². The van der Waals surface area contributed by atoms with E-state index in [0.717, 1.165) is 18.8 Å². The number of carbonyl (C=O) groups is 1. The Hall–Kier alpha value is -1.65. The zero-order valence-corrected chi connectivity index (χ0v) is 12.7. The molecule has 3 nitrogen and oxygen atoms in total. The zero-order chi connectivity index (χ0) is 14.4. The first kappa shape index (κ1) is 14.8. The number of quaternary nitrogens is 1. The fourth-order valence-electron chi connectivity index (χ4n) is 2.18. The zero-order valence-electron chi connectivity index (χ0n) is 11.9. The van der Waals surface area contributed by atoms with E-state index < -0.39 is 0 Å². The SMILES string of the molecule is CC[NH+](Cc1cccs1)[C@H](C)C(=O)Nc1ccccc1. The van der Waals surface area contributed by atoms with Crippen LogP contribution in [0.5, 0.6) is 0 Å². The third kappa shape index (κ3) is 3.92. The fraction of sp³-hybridized carbons (Fsp3) is 0.312.